The molecule has 3 rings (SSSR count). The minimum absolute atomic E-state index is 0.0814. The van der Waals surface area contributed by atoms with Crippen LogP contribution in [0.2, 0.25) is 0 Å². The van der Waals surface area contributed by atoms with Gasteiger partial charge < -0.3 is 4.90 Å². The van der Waals surface area contributed by atoms with Crippen LogP contribution in [0.1, 0.15) is 21.5 Å². The van der Waals surface area contributed by atoms with Crippen LogP contribution in [-0.2, 0) is 13.0 Å². The summed E-state index contributed by atoms with van der Waals surface area (Å²) in [5, 5.41) is 8.70. The zero-order chi connectivity index (χ0) is 16.8. The first-order valence-corrected chi connectivity index (χ1v) is 8.28. The third-order valence-corrected chi connectivity index (χ3v) is 4.39. The zero-order valence-corrected chi connectivity index (χ0v) is 13.7. The molecule has 0 aliphatic carbocycles. The predicted molar refractivity (Wildman–Crippen MR) is 93.4 cm³/mol. The summed E-state index contributed by atoms with van der Waals surface area (Å²) in [6, 6.07) is 19.9. The highest BCUT2D eigenvalue weighted by Gasteiger charge is 2.22. The van der Waals surface area contributed by atoms with Crippen molar-refractivity contribution in [3.05, 3.63) is 71.3 Å². The van der Waals surface area contributed by atoms with Gasteiger partial charge in [0, 0.05) is 38.3 Å². The van der Waals surface area contributed by atoms with Crippen molar-refractivity contribution < 1.29 is 4.79 Å². The summed E-state index contributed by atoms with van der Waals surface area (Å²) in [7, 11) is 0. The highest BCUT2D eigenvalue weighted by atomic mass is 16.2. The lowest BCUT2D eigenvalue weighted by Gasteiger charge is -2.34. The minimum Gasteiger partial charge on any atom is -0.336 e. The monoisotopic (exact) mass is 319 g/mol. The van der Waals surface area contributed by atoms with Gasteiger partial charge in [0.15, 0.2) is 0 Å². The van der Waals surface area contributed by atoms with Gasteiger partial charge in [0.25, 0.3) is 5.91 Å². The Morgan fingerprint density at radius 1 is 0.917 bits per heavy atom. The molecule has 1 aliphatic heterocycles. The molecule has 4 nitrogen and oxygen atoms in total. The first-order valence-electron chi connectivity index (χ1n) is 8.28. The number of nitrogens with zero attached hydrogens (tertiary/aromatic N) is 3. The van der Waals surface area contributed by atoms with Crippen molar-refractivity contribution in [3.8, 4) is 6.07 Å². The Bertz CT molecular complexity index is 711. The van der Waals surface area contributed by atoms with Crippen molar-refractivity contribution in [2.75, 3.05) is 26.2 Å². The number of hydrogen-bond donors (Lipinski definition) is 0. The first-order chi connectivity index (χ1) is 11.8. The molecular weight excluding hydrogens is 298 g/mol. The van der Waals surface area contributed by atoms with Crippen LogP contribution in [0.4, 0.5) is 0 Å². The Morgan fingerprint density at radius 3 is 2.21 bits per heavy atom. The number of carbonyl (C=O) groups is 1. The highest BCUT2D eigenvalue weighted by molar-refractivity contribution is 5.94. The SMILES string of the molecule is N#CCc1ccc(C(=O)N2CCN(Cc3ccccc3)CC2)cc1. The molecule has 0 N–H and O–H groups in total. The number of carbonyl (C=O) groups excluding carboxylic acids is 1. The Labute approximate surface area is 142 Å². The average molecular weight is 319 g/mol. The van der Waals surface area contributed by atoms with Crippen LogP contribution in [0, 0.1) is 11.3 Å². The molecule has 1 aliphatic rings. The van der Waals surface area contributed by atoms with Crippen molar-refractivity contribution in [1.29, 1.82) is 5.26 Å². The minimum atomic E-state index is 0.0814. The molecule has 0 radical (unpaired) electrons. The molecule has 0 unspecified atom stereocenters. The van der Waals surface area contributed by atoms with Crippen molar-refractivity contribution in [2.45, 2.75) is 13.0 Å². The molecule has 24 heavy (non-hydrogen) atoms. The van der Waals surface area contributed by atoms with Gasteiger partial charge in [-0.2, -0.15) is 5.26 Å². The van der Waals surface area contributed by atoms with E-state index in [-0.39, 0.29) is 5.91 Å². The van der Waals surface area contributed by atoms with Gasteiger partial charge in [0.1, 0.15) is 0 Å². The summed E-state index contributed by atoms with van der Waals surface area (Å²) in [6.45, 7) is 4.24. The average Bonchev–Trinajstić information content (AvgIpc) is 2.64. The molecule has 1 saturated heterocycles. The Kier molecular flexibility index (Phi) is 5.25. The number of benzene rings is 2. The van der Waals surface area contributed by atoms with Crippen molar-refractivity contribution in [1.82, 2.24) is 9.80 Å². The van der Waals surface area contributed by atoms with Gasteiger partial charge in [-0.05, 0) is 23.3 Å². The molecule has 0 atom stereocenters. The number of hydrogen-bond acceptors (Lipinski definition) is 3. The van der Waals surface area contributed by atoms with E-state index in [1.54, 1.807) is 0 Å². The normalized spacial score (nSPS) is 15.0. The Balaban J connectivity index is 1.54. The molecule has 2 aromatic carbocycles. The van der Waals surface area contributed by atoms with Crippen molar-refractivity contribution in [3.63, 3.8) is 0 Å². The van der Waals surface area contributed by atoms with Crippen molar-refractivity contribution in [2.24, 2.45) is 0 Å². The molecule has 0 bridgehead atoms. The lowest BCUT2D eigenvalue weighted by Crippen LogP contribution is -2.48. The van der Waals surface area contributed by atoms with E-state index >= 15 is 0 Å². The smallest absolute Gasteiger partial charge is 0.253 e. The Hall–Kier alpha value is -2.64. The van der Waals surface area contributed by atoms with E-state index in [0.717, 1.165) is 38.3 Å². The molecule has 0 saturated carbocycles. The second-order valence-electron chi connectivity index (χ2n) is 6.09. The summed E-state index contributed by atoms with van der Waals surface area (Å²) >= 11 is 0. The van der Waals surface area contributed by atoms with Crippen LogP contribution >= 0.6 is 0 Å². The molecular formula is C20H21N3O. The maximum absolute atomic E-state index is 12.6. The van der Waals surface area contributed by atoms with Crippen LogP contribution in [0.25, 0.3) is 0 Å². The van der Waals surface area contributed by atoms with Crippen LogP contribution in [0.3, 0.4) is 0 Å². The van der Waals surface area contributed by atoms with Gasteiger partial charge >= 0.3 is 0 Å². The van der Waals surface area contributed by atoms with Gasteiger partial charge in [-0.15, -0.1) is 0 Å². The van der Waals surface area contributed by atoms with Gasteiger partial charge in [-0.25, -0.2) is 0 Å². The van der Waals surface area contributed by atoms with E-state index in [1.165, 1.54) is 5.56 Å². The van der Waals surface area contributed by atoms with Gasteiger partial charge in [-0.3, -0.25) is 9.69 Å². The predicted octanol–water partition coefficient (Wildman–Crippen LogP) is 2.71. The fraction of sp³-hybridized carbons (Fsp3) is 0.300. The number of nitriles is 1. The molecule has 1 amide bonds. The van der Waals surface area contributed by atoms with Gasteiger partial charge in [-0.1, -0.05) is 42.5 Å². The van der Waals surface area contributed by atoms with Gasteiger partial charge in [0.2, 0.25) is 0 Å². The van der Waals surface area contributed by atoms with E-state index in [1.807, 2.05) is 35.2 Å². The fourth-order valence-electron chi connectivity index (χ4n) is 2.99. The molecule has 1 fully saturated rings. The number of rotatable bonds is 4. The first kappa shape index (κ1) is 16.2. The maximum Gasteiger partial charge on any atom is 0.253 e. The summed E-state index contributed by atoms with van der Waals surface area (Å²) in [5.41, 5.74) is 2.96. The second-order valence-corrected chi connectivity index (χ2v) is 6.09. The summed E-state index contributed by atoms with van der Waals surface area (Å²) in [4.78, 5) is 16.9. The largest absolute Gasteiger partial charge is 0.336 e. The maximum atomic E-state index is 12.6. The molecule has 1 heterocycles. The zero-order valence-electron chi connectivity index (χ0n) is 13.7. The van der Waals surface area contributed by atoms with Crippen LogP contribution < -0.4 is 0 Å². The third kappa shape index (κ3) is 4.01. The van der Waals surface area contributed by atoms with Crippen LogP contribution in [0.15, 0.2) is 54.6 Å². The fourth-order valence-corrected chi connectivity index (χ4v) is 2.99. The lowest BCUT2D eigenvalue weighted by atomic mass is 10.1. The van der Waals surface area contributed by atoms with E-state index in [2.05, 4.69) is 35.2 Å². The molecule has 122 valence electrons. The van der Waals surface area contributed by atoms with Crippen molar-refractivity contribution >= 4 is 5.91 Å². The highest BCUT2D eigenvalue weighted by Crippen LogP contribution is 2.12. The van der Waals surface area contributed by atoms with E-state index in [9.17, 15) is 4.79 Å². The molecule has 4 heteroatoms. The lowest BCUT2D eigenvalue weighted by molar-refractivity contribution is 0.0628. The summed E-state index contributed by atoms with van der Waals surface area (Å²) < 4.78 is 0. The second kappa shape index (κ2) is 7.76. The Morgan fingerprint density at radius 2 is 1.58 bits per heavy atom. The van der Waals surface area contributed by atoms with Gasteiger partial charge in [0.05, 0.1) is 12.5 Å². The summed E-state index contributed by atoms with van der Waals surface area (Å²) in [5.74, 6) is 0.0814. The number of piperazine rings is 1. The van der Waals surface area contributed by atoms with Crippen LogP contribution in [0.5, 0.6) is 0 Å². The quantitative estimate of drug-likeness (QED) is 0.870. The van der Waals surface area contributed by atoms with E-state index < -0.39 is 0 Å². The standard InChI is InChI=1S/C20H21N3O/c21-11-10-17-6-8-19(9-7-17)20(24)23-14-12-22(13-15-23)16-18-4-2-1-3-5-18/h1-9H,10,12-16H2. The molecule has 0 spiro atoms. The van der Waals surface area contributed by atoms with E-state index in [0.29, 0.717) is 12.0 Å². The molecule has 0 aromatic heterocycles. The van der Waals surface area contributed by atoms with E-state index in [4.69, 9.17) is 5.26 Å². The third-order valence-electron chi connectivity index (χ3n) is 4.39. The molecule has 2 aromatic rings. The van der Waals surface area contributed by atoms with Crippen LogP contribution in [-0.4, -0.2) is 41.9 Å². The summed E-state index contributed by atoms with van der Waals surface area (Å²) in [6.07, 6.45) is 0.382. The number of amides is 1. The topological polar surface area (TPSA) is 47.3 Å².